The number of fused-ring (bicyclic) bond motifs is 1. The van der Waals surface area contributed by atoms with Crippen molar-refractivity contribution in [3.8, 4) is 0 Å². The van der Waals surface area contributed by atoms with Gasteiger partial charge in [-0.2, -0.15) is 13.2 Å². The van der Waals surface area contributed by atoms with Crippen LogP contribution in [0.4, 0.5) is 35.0 Å². The van der Waals surface area contributed by atoms with Crippen LogP contribution in [0.15, 0.2) is 136 Å². The SMILES string of the molecule is CC1(C)CCC(c2ccc(Cl)cc2)=C(CN2CCN(c3ccc(C(=O)NS(=O)(=O)c4ccc(NC(CCN5CCN(C(=O)NCCOCCOCCNc6cccc7c6C(=O)N(C6CCC(=O)NC6=O)C7=O)CC5)CSc5ccccc5)c(S(=O)(=O)C(F)(F)F)c4)cc3)CC2)C1. The summed E-state index contributed by atoms with van der Waals surface area (Å²) in [6.45, 7) is 11.8. The first-order valence-corrected chi connectivity index (χ1v) is 36.2. The number of hydrogen-bond donors (Lipinski definition) is 5. The number of sulfonamides is 1. The van der Waals surface area contributed by atoms with E-state index in [0.29, 0.717) is 69.0 Å². The Hall–Kier alpha value is -7.57. The Kier molecular flexibility index (Phi) is 23.2. The zero-order valence-electron chi connectivity index (χ0n) is 53.3. The number of benzene rings is 5. The van der Waals surface area contributed by atoms with Crippen LogP contribution in [-0.4, -0.2) is 200 Å². The van der Waals surface area contributed by atoms with Crippen molar-refractivity contribution in [1.29, 1.82) is 0 Å². The standard InChI is InChI=1S/C67H78ClF3N10O12S3/c1-66(2)25-23-53(45-11-15-48(68)16-12-45)47(42-66)43-78-31-33-79(34-32-78)50-17-13-46(14-18-50)61(83)76-96(90,91)52-19-20-55(58(41-52)95(88,89)67(69,70)71)74-49(44-94-51-7-4-3-5-8-51)24-28-77-29-35-80(36-30-77)65(87)73-27-38-93-40-39-92-37-26-72-56-10-6-9-54-60(56)64(86)81(63(54)85)57-21-22-59(82)75-62(57)84/h3-20,41,49,57,72,74H,21-40,42-44H2,1-2H3,(H,73,87)(H,76,83)(H,75,82,84). The number of amides is 7. The molecule has 0 bridgehead atoms. The van der Waals surface area contributed by atoms with Gasteiger partial charge in [-0.1, -0.05) is 67.4 Å². The Bertz CT molecular complexity index is 3930. The number of halogens is 4. The minimum absolute atomic E-state index is 0.0117. The summed E-state index contributed by atoms with van der Waals surface area (Å²) in [7, 11) is -11.1. The Morgan fingerprint density at radius 3 is 2.14 bits per heavy atom. The maximum atomic E-state index is 14.5. The minimum Gasteiger partial charge on any atom is -0.382 e. The summed E-state index contributed by atoms with van der Waals surface area (Å²) >= 11 is 7.60. The minimum atomic E-state index is -6.17. The molecule has 10 rings (SSSR count). The molecular formula is C67H78ClF3N10O12S3. The zero-order chi connectivity index (χ0) is 68.4. The summed E-state index contributed by atoms with van der Waals surface area (Å²) in [5.74, 6) is -3.19. The van der Waals surface area contributed by atoms with Crippen LogP contribution in [0.5, 0.6) is 0 Å². The largest absolute Gasteiger partial charge is 0.501 e. The smallest absolute Gasteiger partial charge is 0.382 e. The van der Waals surface area contributed by atoms with Crippen molar-refractivity contribution in [3.05, 3.63) is 148 Å². The Labute approximate surface area is 565 Å². The number of alkyl halides is 3. The van der Waals surface area contributed by atoms with Gasteiger partial charge in [0.2, 0.25) is 11.8 Å². The van der Waals surface area contributed by atoms with E-state index in [1.807, 2.05) is 47.2 Å². The van der Waals surface area contributed by atoms with Gasteiger partial charge in [-0.15, -0.1) is 11.8 Å². The third-order valence-electron chi connectivity index (χ3n) is 17.7. The summed E-state index contributed by atoms with van der Waals surface area (Å²) in [5.41, 5.74) is -0.648. The van der Waals surface area contributed by atoms with Gasteiger partial charge in [0.05, 0.1) is 48.1 Å². The lowest BCUT2D eigenvalue weighted by atomic mass is 9.73. The average Bonchev–Trinajstić information content (AvgIpc) is 1.64. The molecule has 22 nitrogen and oxygen atoms in total. The van der Waals surface area contributed by atoms with Gasteiger partial charge >= 0.3 is 11.5 Å². The molecular weight excluding hydrogens is 1330 g/mol. The second-order valence-electron chi connectivity index (χ2n) is 24.9. The van der Waals surface area contributed by atoms with Crippen LogP contribution in [0.2, 0.25) is 5.02 Å². The van der Waals surface area contributed by atoms with Gasteiger partial charge in [0.15, 0.2) is 0 Å². The van der Waals surface area contributed by atoms with Crippen LogP contribution in [0.25, 0.3) is 5.57 Å². The number of nitrogens with one attached hydrogen (secondary N) is 5. The van der Waals surface area contributed by atoms with E-state index in [1.54, 1.807) is 29.2 Å². The molecule has 0 radical (unpaired) electrons. The van der Waals surface area contributed by atoms with Crippen LogP contribution >= 0.6 is 23.4 Å². The number of rotatable bonds is 27. The molecule has 96 heavy (non-hydrogen) atoms. The second kappa shape index (κ2) is 31.3. The van der Waals surface area contributed by atoms with E-state index in [2.05, 4.69) is 61.9 Å². The predicted octanol–water partition coefficient (Wildman–Crippen LogP) is 8.37. The lowest BCUT2D eigenvalue weighted by molar-refractivity contribution is -0.136. The quantitative estimate of drug-likeness (QED) is 0.0188. The molecule has 0 aromatic heterocycles. The number of carbonyl (C=O) groups excluding carboxylic acids is 6. The maximum Gasteiger partial charge on any atom is 0.501 e. The first-order chi connectivity index (χ1) is 45.8. The molecule has 4 aliphatic heterocycles. The van der Waals surface area contributed by atoms with Crippen LogP contribution in [0.1, 0.15) is 89.0 Å². The van der Waals surface area contributed by atoms with Gasteiger partial charge in [-0.3, -0.25) is 44.0 Å². The Morgan fingerprint density at radius 1 is 0.760 bits per heavy atom. The normalized spacial score (nSPS) is 18.5. The number of imide groups is 2. The molecule has 7 amide bonds. The van der Waals surface area contributed by atoms with E-state index in [9.17, 15) is 58.8 Å². The van der Waals surface area contributed by atoms with E-state index in [4.69, 9.17) is 21.1 Å². The monoisotopic (exact) mass is 1400 g/mol. The van der Waals surface area contributed by atoms with Crippen LogP contribution in [0, 0.1) is 5.41 Å². The summed E-state index contributed by atoms with van der Waals surface area (Å²) in [4.78, 5) is 85.2. The Balaban J connectivity index is 0.675. The first kappa shape index (κ1) is 71.2. The van der Waals surface area contributed by atoms with Crippen molar-refractivity contribution in [2.75, 3.05) is 126 Å². The molecule has 3 fully saturated rings. The van der Waals surface area contributed by atoms with E-state index < -0.39 is 82.5 Å². The van der Waals surface area contributed by atoms with E-state index in [1.165, 1.54) is 46.7 Å². The number of allylic oxidation sites excluding steroid dienone is 1. The van der Waals surface area contributed by atoms with Gasteiger partial charge in [0.1, 0.15) is 10.9 Å². The van der Waals surface area contributed by atoms with Gasteiger partial charge in [-0.25, -0.2) is 26.4 Å². The molecule has 2 atom stereocenters. The second-order valence-corrected chi connectivity index (χ2v) is 30.0. The van der Waals surface area contributed by atoms with Crippen molar-refractivity contribution in [2.24, 2.45) is 5.41 Å². The van der Waals surface area contributed by atoms with E-state index in [0.717, 1.165) is 66.5 Å². The Morgan fingerprint density at radius 2 is 1.45 bits per heavy atom. The fourth-order valence-corrected chi connectivity index (χ4v) is 15.6. The number of anilines is 3. The number of urea groups is 1. The van der Waals surface area contributed by atoms with E-state index in [-0.39, 0.29) is 86.2 Å². The van der Waals surface area contributed by atoms with Crippen LogP contribution in [-0.2, 0) is 38.9 Å². The van der Waals surface area contributed by atoms with E-state index >= 15 is 0 Å². The van der Waals surface area contributed by atoms with Crippen molar-refractivity contribution in [3.63, 3.8) is 0 Å². The zero-order valence-corrected chi connectivity index (χ0v) is 56.5. The number of piperazine rings is 2. The lowest BCUT2D eigenvalue weighted by Crippen LogP contribution is -2.54. The van der Waals surface area contributed by atoms with Crippen molar-refractivity contribution >= 4 is 101 Å². The molecule has 29 heteroatoms. The fourth-order valence-electron chi connectivity index (χ4n) is 12.4. The fraction of sp³-hybridized carbons (Fsp3) is 0.433. The number of ether oxygens (including phenoxy) is 2. The molecule has 5 aromatic carbocycles. The molecule has 4 heterocycles. The molecule has 0 spiro atoms. The number of carbonyl (C=O) groups is 6. The molecule has 5 aromatic rings. The molecule has 514 valence electrons. The van der Waals surface area contributed by atoms with Gasteiger partial charge < -0.3 is 35.2 Å². The number of hydrogen-bond acceptors (Lipinski definition) is 18. The molecule has 2 unspecified atom stereocenters. The number of nitrogens with zero attached hydrogens (tertiary/aromatic N) is 5. The van der Waals surface area contributed by atoms with Crippen LogP contribution in [0.3, 0.4) is 0 Å². The first-order valence-electron chi connectivity index (χ1n) is 31.8. The third kappa shape index (κ3) is 17.8. The molecule has 5 aliphatic rings. The van der Waals surface area contributed by atoms with Crippen molar-refractivity contribution in [2.45, 2.75) is 84.7 Å². The average molecular weight is 1400 g/mol. The highest BCUT2D eigenvalue weighted by Crippen LogP contribution is 2.43. The van der Waals surface area contributed by atoms with Gasteiger partial charge in [-0.05, 0) is 128 Å². The molecule has 1 aliphatic carbocycles. The molecule has 5 N–H and O–H groups in total. The highest BCUT2D eigenvalue weighted by Gasteiger charge is 2.49. The topological polar surface area (TPSA) is 266 Å². The van der Waals surface area contributed by atoms with Crippen molar-refractivity contribution < 1.29 is 68.2 Å². The molecule has 3 saturated heterocycles. The van der Waals surface area contributed by atoms with Crippen LogP contribution < -0.4 is 30.9 Å². The predicted molar refractivity (Wildman–Crippen MR) is 359 cm³/mol. The highest BCUT2D eigenvalue weighted by atomic mass is 35.5. The summed E-state index contributed by atoms with van der Waals surface area (Å²) in [5, 5.41) is 11.8. The number of piperidine rings is 1. The van der Waals surface area contributed by atoms with Crippen molar-refractivity contribution in [1.82, 2.24) is 35.0 Å². The third-order valence-corrected chi connectivity index (χ3v) is 21.9. The summed E-state index contributed by atoms with van der Waals surface area (Å²) < 4.78 is 111. The molecule has 0 saturated carbocycles. The lowest BCUT2D eigenvalue weighted by Gasteiger charge is -2.39. The van der Waals surface area contributed by atoms with Gasteiger partial charge in [0.25, 0.3) is 37.6 Å². The maximum absolute atomic E-state index is 14.5. The summed E-state index contributed by atoms with van der Waals surface area (Å²) in [6.07, 6.45) is 3.44. The van der Waals surface area contributed by atoms with Gasteiger partial charge in [0, 0.05) is 124 Å². The number of thioether (sulfide) groups is 1. The summed E-state index contributed by atoms with van der Waals surface area (Å²) in [6, 6.07) is 28.6. The highest BCUT2D eigenvalue weighted by molar-refractivity contribution is 7.99. The number of sulfone groups is 1.